The number of aromatic nitrogens is 2. The van der Waals surface area contributed by atoms with Crippen molar-refractivity contribution in [2.75, 3.05) is 26.2 Å². The van der Waals surface area contributed by atoms with Crippen LogP contribution in [0.15, 0.2) is 47.3 Å². The fourth-order valence-corrected chi connectivity index (χ4v) is 5.39. The van der Waals surface area contributed by atoms with Crippen LogP contribution in [0.5, 0.6) is 0 Å². The van der Waals surface area contributed by atoms with E-state index >= 15 is 0 Å². The summed E-state index contributed by atoms with van der Waals surface area (Å²) in [5.74, 6) is -1.45. The topological polar surface area (TPSA) is 73.6 Å². The van der Waals surface area contributed by atoms with E-state index < -0.39 is 41.8 Å². The molecule has 2 aromatic carbocycles. The van der Waals surface area contributed by atoms with Crippen molar-refractivity contribution in [1.82, 2.24) is 19.8 Å². The molecule has 2 aliphatic rings. The SMILES string of the molecule is CC(OC1OCCN(Cc2[nH]c(=O)[nH]c2CN2CCCC2)C1c1ccc(F)cc1)c1cc(F)cc(C(F)(F)F)c1. The van der Waals surface area contributed by atoms with Crippen molar-refractivity contribution in [3.8, 4) is 0 Å². The zero-order chi connectivity index (χ0) is 28.4. The van der Waals surface area contributed by atoms with Crippen LogP contribution < -0.4 is 5.69 Å². The van der Waals surface area contributed by atoms with Gasteiger partial charge in [-0.1, -0.05) is 12.1 Å². The Hall–Kier alpha value is -3.06. The molecule has 216 valence electrons. The summed E-state index contributed by atoms with van der Waals surface area (Å²) in [5.41, 5.74) is 0.727. The monoisotopic (exact) mass is 566 g/mol. The smallest absolute Gasteiger partial charge is 0.349 e. The molecule has 3 aromatic rings. The van der Waals surface area contributed by atoms with Gasteiger partial charge in [0.25, 0.3) is 0 Å². The predicted molar refractivity (Wildman–Crippen MR) is 136 cm³/mol. The molecule has 1 aromatic heterocycles. The van der Waals surface area contributed by atoms with E-state index in [9.17, 15) is 26.7 Å². The van der Waals surface area contributed by atoms with Crippen molar-refractivity contribution in [3.05, 3.63) is 92.7 Å². The highest BCUT2D eigenvalue weighted by atomic mass is 19.4. The van der Waals surface area contributed by atoms with Gasteiger partial charge in [0.15, 0.2) is 6.29 Å². The van der Waals surface area contributed by atoms with E-state index in [-0.39, 0.29) is 17.9 Å². The van der Waals surface area contributed by atoms with Crippen molar-refractivity contribution in [3.63, 3.8) is 0 Å². The number of hydrogen-bond acceptors (Lipinski definition) is 5. The zero-order valence-corrected chi connectivity index (χ0v) is 21.9. The molecular formula is C28H31F5N4O3. The van der Waals surface area contributed by atoms with Crippen LogP contribution in [0.4, 0.5) is 22.0 Å². The molecule has 7 nitrogen and oxygen atoms in total. The van der Waals surface area contributed by atoms with Crippen LogP contribution in [0.2, 0.25) is 0 Å². The highest BCUT2D eigenvalue weighted by Crippen LogP contribution is 2.37. The van der Waals surface area contributed by atoms with Gasteiger partial charge in [-0.25, -0.2) is 13.6 Å². The average molecular weight is 567 g/mol. The van der Waals surface area contributed by atoms with Crippen LogP contribution in [0.1, 0.15) is 60.0 Å². The molecule has 5 rings (SSSR count). The van der Waals surface area contributed by atoms with Crippen molar-refractivity contribution in [1.29, 1.82) is 0 Å². The Morgan fingerprint density at radius 3 is 2.33 bits per heavy atom. The molecule has 0 amide bonds. The molecule has 12 heteroatoms. The number of hydrogen-bond donors (Lipinski definition) is 2. The van der Waals surface area contributed by atoms with Gasteiger partial charge in [0.2, 0.25) is 0 Å². The minimum absolute atomic E-state index is 0.00812. The molecule has 0 aliphatic carbocycles. The summed E-state index contributed by atoms with van der Waals surface area (Å²) in [6.07, 6.45) is -4.44. The number of morpholine rings is 1. The number of aromatic amines is 2. The molecule has 0 radical (unpaired) electrons. The first-order valence-corrected chi connectivity index (χ1v) is 13.2. The van der Waals surface area contributed by atoms with Gasteiger partial charge in [-0.05, 0) is 74.3 Å². The second kappa shape index (κ2) is 11.8. The lowest BCUT2D eigenvalue weighted by atomic mass is 10.0. The van der Waals surface area contributed by atoms with Gasteiger partial charge in [0.1, 0.15) is 11.6 Å². The summed E-state index contributed by atoms with van der Waals surface area (Å²) < 4.78 is 79.9. The van der Waals surface area contributed by atoms with Crippen LogP contribution in [0.3, 0.4) is 0 Å². The Bertz CT molecular complexity index is 1350. The Balaban J connectivity index is 1.42. The normalized spacial score (nSPS) is 21.6. The lowest BCUT2D eigenvalue weighted by Gasteiger charge is -2.42. The van der Waals surface area contributed by atoms with Crippen molar-refractivity contribution in [2.45, 2.75) is 57.5 Å². The highest BCUT2D eigenvalue weighted by Gasteiger charge is 2.37. The quantitative estimate of drug-likeness (QED) is 0.364. The molecule has 2 fully saturated rings. The third-order valence-corrected chi connectivity index (χ3v) is 7.41. The minimum Gasteiger partial charge on any atom is -0.349 e. The Morgan fingerprint density at radius 1 is 0.975 bits per heavy atom. The average Bonchev–Trinajstić information content (AvgIpc) is 3.53. The van der Waals surface area contributed by atoms with Crippen LogP contribution >= 0.6 is 0 Å². The van der Waals surface area contributed by atoms with E-state index in [0.717, 1.165) is 43.8 Å². The predicted octanol–water partition coefficient (Wildman–Crippen LogP) is 5.27. The molecule has 40 heavy (non-hydrogen) atoms. The third-order valence-electron chi connectivity index (χ3n) is 7.41. The first-order chi connectivity index (χ1) is 19.1. The first kappa shape index (κ1) is 28.5. The number of nitrogens with zero attached hydrogens (tertiary/aromatic N) is 2. The maximum absolute atomic E-state index is 14.1. The van der Waals surface area contributed by atoms with Gasteiger partial charge < -0.3 is 19.4 Å². The fraction of sp³-hybridized carbons (Fsp3) is 0.464. The molecule has 2 N–H and O–H groups in total. The van der Waals surface area contributed by atoms with Crippen molar-refractivity contribution < 1.29 is 31.4 Å². The molecule has 0 spiro atoms. The molecule has 0 bridgehead atoms. The second-order valence-electron chi connectivity index (χ2n) is 10.3. The van der Waals surface area contributed by atoms with E-state index in [4.69, 9.17) is 9.47 Å². The van der Waals surface area contributed by atoms with Gasteiger partial charge in [-0.15, -0.1) is 0 Å². The van der Waals surface area contributed by atoms with Gasteiger partial charge in [0, 0.05) is 19.6 Å². The lowest BCUT2D eigenvalue weighted by molar-refractivity contribution is -0.231. The standard InChI is InChI=1S/C28H31F5N4O3/c1-17(19-12-20(28(31,32)33)14-22(30)13-19)40-26-25(18-4-6-21(29)7-5-18)37(10-11-39-26)16-24-23(34-27(38)35-24)15-36-8-2-3-9-36/h4-7,12-14,17,25-26H,2-3,8-11,15-16H2,1H3,(H2,34,35,38). The molecule has 2 aliphatic heterocycles. The molecule has 0 saturated carbocycles. The number of imidazole rings is 1. The van der Waals surface area contributed by atoms with Gasteiger partial charge >= 0.3 is 11.9 Å². The maximum Gasteiger partial charge on any atom is 0.416 e. The summed E-state index contributed by atoms with van der Waals surface area (Å²) in [4.78, 5) is 22.3. The first-order valence-electron chi connectivity index (χ1n) is 13.2. The van der Waals surface area contributed by atoms with Crippen LogP contribution in [0, 0.1) is 11.6 Å². The van der Waals surface area contributed by atoms with Gasteiger partial charge in [-0.3, -0.25) is 9.80 Å². The Morgan fingerprint density at radius 2 is 1.65 bits per heavy atom. The number of nitrogens with one attached hydrogen (secondary N) is 2. The Labute approximate surface area is 227 Å². The lowest BCUT2D eigenvalue weighted by Crippen LogP contribution is -2.46. The minimum atomic E-state index is -4.72. The Kier molecular flexibility index (Phi) is 8.41. The summed E-state index contributed by atoms with van der Waals surface area (Å²) >= 11 is 0. The number of likely N-dealkylation sites (tertiary alicyclic amines) is 1. The number of halogens is 5. The summed E-state index contributed by atoms with van der Waals surface area (Å²) in [6.45, 7) is 5.03. The second-order valence-corrected chi connectivity index (χ2v) is 10.3. The van der Waals surface area contributed by atoms with Crippen molar-refractivity contribution in [2.24, 2.45) is 0 Å². The van der Waals surface area contributed by atoms with E-state index in [1.807, 2.05) is 4.90 Å². The zero-order valence-electron chi connectivity index (χ0n) is 21.9. The van der Waals surface area contributed by atoms with Crippen LogP contribution in [0.25, 0.3) is 0 Å². The summed E-state index contributed by atoms with van der Waals surface area (Å²) in [7, 11) is 0. The summed E-state index contributed by atoms with van der Waals surface area (Å²) in [6, 6.07) is 7.51. The van der Waals surface area contributed by atoms with Gasteiger partial charge in [-0.2, -0.15) is 13.2 Å². The number of rotatable bonds is 8. The molecular weight excluding hydrogens is 535 g/mol. The van der Waals surface area contributed by atoms with Crippen LogP contribution in [-0.4, -0.2) is 52.3 Å². The van der Waals surface area contributed by atoms with E-state index in [0.29, 0.717) is 37.0 Å². The van der Waals surface area contributed by atoms with Crippen molar-refractivity contribution >= 4 is 0 Å². The number of ether oxygens (including phenoxy) is 2. The number of benzene rings is 2. The molecule has 2 saturated heterocycles. The van der Waals surface area contributed by atoms with Crippen LogP contribution in [-0.2, 0) is 28.7 Å². The highest BCUT2D eigenvalue weighted by molar-refractivity contribution is 5.28. The van der Waals surface area contributed by atoms with E-state index in [1.165, 1.54) is 19.1 Å². The third kappa shape index (κ3) is 6.63. The maximum atomic E-state index is 14.1. The number of H-pyrrole nitrogens is 2. The molecule has 3 heterocycles. The largest absolute Gasteiger partial charge is 0.416 e. The van der Waals surface area contributed by atoms with Gasteiger partial charge in [0.05, 0.1) is 35.7 Å². The molecule has 3 unspecified atom stereocenters. The summed E-state index contributed by atoms with van der Waals surface area (Å²) in [5, 5.41) is 0. The van der Waals surface area contributed by atoms with E-state index in [1.54, 1.807) is 12.1 Å². The van der Waals surface area contributed by atoms with E-state index in [2.05, 4.69) is 14.9 Å². The fourth-order valence-electron chi connectivity index (χ4n) is 5.39. The number of alkyl halides is 3. The molecule has 3 atom stereocenters.